The Bertz CT molecular complexity index is 513. The van der Waals surface area contributed by atoms with Crippen molar-refractivity contribution in [3.8, 4) is 0 Å². The molecule has 22 heavy (non-hydrogen) atoms. The van der Waals surface area contributed by atoms with Crippen LogP contribution in [0.15, 0.2) is 24.3 Å². The zero-order valence-corrected chi connectivity index (χ0v) is 12.3. The Balaban J connectivity index is 2.44. The molecular formula is C14H18F3N3O2. The molecule has 0 aliphatic rings. The van der Waals surface area contributed by atoms with Crippen molar-refractivity contribution in [3.05, 3.63) is 35.4 Å². The van der Waals surface area contributed by atoms with Gasteiger partial charge in [-0.15, -0.1) is 0 Å². The molecule has 0 unspecified atom stereocenters. The number of carbonyl (C=O) groups excluding carboxylic acids is 2. The third-order valence-corrected chi connectivity index (χ3v) is 2.77. The predicted molar refractivity (Wildman–Crippen MR) is 75.3 cm³/mol. The fraction of sp³-hybridized carbons (Fsp3) is 0.429. The number of nitrogens with zero attached hydrogens (tertiary/aromatic N) is 1. The fourth-order valence-corrected chi connectivity index (χ4v) is 1.55. The van der Waals surface area contributed by atoms with Crippen molar-refractivity contribution in [3.63, 3.8) is 0 Å². The molecular weight excluding hydrogens is 299 g/mol. The van der Waals surface area contributed by atoms with Gasteiger partial charge in [0.1, 0.15) is 0 Å². The molecule has 0 aliphatic heterocycles. The van der Waals surface area contributed by atoms with E-state index in [1.807, 2.05) is 19.0 Å². The van der Waals surface area contributed by atoms with E-state index in [2.05, 4.69) is 10.6 Å². The second-order valence-corrected chi connectivity index (χ2v) is 4.91. The third kappa shape index (κ3) is 6.13. The second-order valence-electron chi connectivity index (χ2n) is 4.91. The van der Waals surface area contributed by atoms with Gasteiger partial charge in [0.2, 0.25) is 5.91 Å². The van der Waals surface area contributed by atoms with Crippen LogP contribution in [-0.2, 0) is 11.0 Å². The molecule has 1 aromatic carbocycles. The first-order valence-corrected chi connectivity index (χ1v) is 6.57. The largest absolute Gasteiger partial charge is 0.416 e. The van der Waals surface area contributed by atoms with Crippen LogP contribution in [0.2, 0.25) is 0 Å². The van der Waals surface area contributed by atoms with Crippen molar-refractivity contribution in [1.82, 2.24) is 15.5 Å². The third-order valence-electron chi connectivity index (χ3n) is 2.77. The summed E-state index contributed by atoms with van der Waals surface area (Å²) in [6.07, 6.45) is -4.44. The lowest BCUT2D eigenvalue weighted by Gasteiger charge is -2.11. The van der Waals surface area contributed by atoms with Crippen LogP contribution in [0.3, 0.4) is 0 Å². The van der Waals surface area contributed by atoms with Crippen LogP contribution in [0.5, 0.6) is 0 Å². The minimum atomic E-state index is -4.44. The topological polar surface area (TPSA) is 61.4 Å². The first kappa shape index (κ1) is 18.0. The van der Waals surface area contributed by atoms with Gasteiger partial charge in [-0.25, -0.2) is 0 Å². The van der Waals surface area contributed by atoms with E-state index in [4.69, 9.17) is 0 Å². The smallest absolute Gasteiger partial charge is 0.353 e. The minimum absolute atomic E-state index is 0.0640. The van der Waals surface area contributed by atoms with Crippen LogP contribution in [0.1, 0.15) is 15.9 Å². The molecule has 2 N–H and O–H groups in total. The molecule has 0 fully saturated rings. The first-order chi connectivity index (χ1) is 10.2. The molecule has 5 nitrogen and oxygen atoms in total. The van der Waals surface area contributed by atoms with Crippen LogP contribution in [0.25, 0.3) is 0 Å². The van der Waals surface area contributed by atoms with Crippen molar-refractivity contribution in [2.75, 3.05) is 33.7 Å². The lowest BCUT2D eigenvalue weighted by molar-refractivity contribution is -0.137. The normalized spacial score (nSPS) is 11.4. The van der Waals surface area contributed by atoms with Crippen LogP contribution >= 0.6 is 0 Å². The van der Waals surface area contributed by atoms with Crippen LogP contribution in [0, 0.1) is 0 Å². The van der Waals surface area contributed by atoms with Crippen molar-refractivity contribution in [1.29, 1.82) is 0 Å². The molecule has 0 radical (unpaired) electrons. The number of hydrogen-bond donors (Lipinski definition) is 2. The van der Waals surface area contributed by atoms with Crippen LogP contribution in [-0.4, -0.2) is 50.4 Å². The summed E-state index contributed by atoms with van der Waals surface area (Å²) in [4.78, 5) is 25.1. The molecule has 1 aromatic rings. The molecule has 0 bridgehead atoms. The van der Waals surface area contributed by atoms with Crippen LogP contribution < -0.4 is 10.6 Å². The summed E-state index contributed by atoms with van der Waals surface area (Å²) in [6, 6.07) is 3.79. The number of amides is 2. The Labute approximate surface area is 126 Å². The van der Waals surface area contributed by atoms with E-state index in [0.717, 1.165) is 24.3 Å². The molecule has 0 spiro atoms. The van der Waals surface area contributed by atoms with E-state index in [9.17, 15) is 22.8 Å². The molecule has 0 aromatic heterocycles. The quantitative estimate of drug-likeness (QED) is 0.826. The summed E-state index contributed by atoms with van der Waals surface area (Å²) in [6.45, 7) is 0.883. The average molecular weight is 317 g/mol. The van der Waals surface area contributed by atoms with Gasteiger partial charge in [0.25, 0.3) is 5.91 Å². The highest BCUT2D eigenvalue weighted by molar-refractivity contribution is 5.96. The fourth-order valence-electron chi connectivity index (χ4n) is 1.55. The summed E-state index contributed by atoms with van der Waals surface area (Å²) < 4.78 is 37.2. The van der Waals surface area contributed by atoms with Gasteiger partial charge in [-0.1, -0.05) is 0 Å². The zero-order chi connectivity index (χ0) is 16.8. The summed E-state index contributed by atoms with van der Waals surface area (Å²) in [5, 5.41) is 4.95. The Morgan fingerprint density at radius 1 is 1.09 bits per heavy atom. The first-order valence-electron chi connectivity index (χ1n) is 6.57. The Kier molecular flexibility index (Phi) is 6.36. The van der Waals surface area contributed by atoms with Gasteiger partial charge in [-0.3, -0.25) is 9.59 Å². The van der Waals surface area contributed by atoms with Gasteiger partial charge in [0.05, 0.1) is 12.1 Å². The number of alkyl halides is 3. The predicted octanol–water partition coefficient (Wildman–Crippen LogP) is 1.11. The Morgan fingerprint density at radius 3 is 2.18 bits per heavy atom. The maximum Gasteiger partial charge on any atom is 0.416 e. The van der Waals surface area contributed by atoms with E-state index < -0.39 is 17.6 Å². The van der Waals surface area contributed by atoms with Gasteiger partial charge < -0.3 is 15.5 Å². The molecule has 0 aliphatic carbocycles. The van der Waals surface area contributed by atoms with Crippen molar-refractivity contribution >= 4 is 11.8 Å². The summed E-state index contributed by atoms with van der Waals surface area (Å²) in [7, 11) is 3.72. The number of hydrogen-bond acceptors (Lipinski definition) is 3. The van der Waals surface area contributed by atoms with E-state index >= 15 is 0 Å². The number of benzene rings is 1. The standard InChI is InChI=1S/C14H18F3N3O2/c1-20(2)8-7-18-12(21)9-19-13(22)10-3-5-11(6-4-10)14(15,16)17/h3-6H,7-9H2,1-2H3,(H,18,21)(H,19,22). The maximum atomic E-state index is 12.4. The van der Waals surface area contributed by atoms with Gasteiger partial charge in [0, 0.05) is 18.7 Å². The SMILES string of the molecule is CN(C)CCNC(=O)CNC(=O)c1ccc(C(F)(F)F)cc1. The van der Waals surface area contributed by atoms with Gasteiger partial charge in [0.15, 0.2) is 0 Å². The van der Waals surface area contributed by atoms with Crippen LogP contribution in [0.4, 0.5) is 13.2 Å². The molecule has 0 saturated carbocycles. The highest BCUT2D eigenvalue weighted by Crippen LogP contribution is 2.28. The molecule has 2 amide bonds. The van der Waals surface area contributed by atoms with E-state index in [-0.39, 0.29) is 18.0 Å². The second kappa shape index (κ2) is 7.79. The van der Waals surface area contributed by atoms with Gasteiger partial charge in [-0.05, 0) is 38.4 Å². The van der Waals surface area contributed by atoms with Crippen molar-refractivity contribution in [2.24, 2.45) is 0 Å². The van der Waals surface area contributed by atoms with Crippen molar-refractivity contribution < 1.29 is 22.8 Å². The summed E-state index contributed by atoms with van der Waals surface area (Å²) in [5.74, 6) is -0.960. The molecule has 1 rings (SSSR count). The number of nitrogens with one attached hydrogen (secondary N) is 2. The van der Waals surface area contributed by atoms with E-state index in [0.29, 0.717) is 13.1 Å². The van der Waals surface area contributed by atoms with E-state index in [1.165, 1.54) is 0 Å². The molecule has 122 valence electrons. The summed E-state index contributed by atoms with van der Waals surface area (Å²) in [5.41, 5.74) is -0.764. The number of likely N-dealkylation sites (N-methyl/N-ethyl adjacent to an activating group) is 1. The highest BCUT2D eigenvalue weighted by atomic mass is 19.4. The lowest BCUT2D eigenvalue weighted by atomic mass is 10.1. The number of halogens is 3. The number of carbonyl (C=O) groups is 2. The Hall–Kier alpha value is -2.09. The molecule has 0 saturated heterocycles. The molecule has 8 heteroatoms. The molecule has 0 heterocycles. The zero-order valence-electron chi connectivity index (χ0n) is 12.3. The maximum absolute atomic E-state index is 12.4. The number of rotatable bonds is 6. The average Bonchev–Trinajstić information content (AvgIpc) is 2.43. The lowest BCUT2D eigenvalue weighted by Crippen LogP contribution is -2.39. The van der Waals surface area contributed by atoms with Crippen molar-refractivity contribution in [2.45, 2.75) is 6.18 Å². The highest BCUT2D eigenvalue weighted by Gasteiger charge is 2.30. The Morgan fingerprint density at radius 2 is 1.68 bits per heavy atom. The minimum Gasteiger partial charge on any atom is -0.353 e. The molecule has 0 atom stereocenters. The van der Waals surface area contributed by atoms with Gasteiger partial charge in [-0.2, -0.15) is 13.2 Å². The van der Waals surface area contributed by atoms with E-state index in [1.54, 1.807) is 0 Å². The monoisotopic (exact) mass is 317 g/mol. The van der Waals surface area contributed by atoms with Gasteiger partial charge >= 0.3 is 6.18 Å². The summed E-state index contributed by atoms with van der Waals surface area (Å²) >= 11 is 0.